The maximum atomic E-state index is 12.5. The molecule has 2 aromatic rings. The average molecular weight is 439 g/mol. The molecule has 1 N–H and O–H groups in total. The average Bonchev–Trinajstić information content (AvgIpc) is 2.75. The van der Waals surface area contributed by atoms with Crippen molar-refractivity contribution in [3.8, 4) is 11.5 Å². The molecule has 164 valence electrons. The van der Waals surface area contributed by atoms with E-state index in [1.807, 2.05) is 30.0 Å². The Balaban J connectivity index is 1.89. The van der Waals surface area contributed by atoms with Crippen molar-refractivity contribution in [1.29, 1.82) is 0 Å². The molecule has 1 unspecified atom stereocenters. The van der Waals surface area contributed by atoms with Gasteiger partial charge in [-0.1, -0.05) is 42.8 Å². The van der Waals surface area contributed by atoms with E-state index in [-0.39, 0.29) is 11.8 Å². The van der Waals surface area contributed by atoms with Crippen LogP contribution >= 0.6 is 12.2 Å². The van der Waals surface area contributed by atoms with Gasteiger partial charge in [0.1, 0.15) is 6.61 Å². The SMILES string of the molecule is CCCN1C(=S)NC(c2ccc(OCc3ccc(C)cc3)c(OC)c2)C(C(C)=O)=C1C. The number of rotatable bonds is 8. The number of nitrogens with one attached hydrogen (secondary N) is 1. The molecular weight excluding hydrogens is 408 g/mol. The fourth-order valence-corrected chi connectivity index (χ4v) is 4.16. The van der Waals surface area contributed by atoms with Crippen LogP contribution < -0.4 is 14.8 Å². The highest BCUT2D eigenvalue weighted by Crippen LogP contribution is 2.36. The molecule has 6 heteroatoms. The van der Waals surface area contributed by atoms with Crippen LogP contribution in [-0.4, -0.2) is 29.5 Å². The number of aryl methyl sites for hydroxylation is 1. The summed E-state index contributed by atoms with van der Waals surface area (Å²) >= 11 is 5.59. The number of carbonyl (C=O) groups excluding carboxylic acids is 1. The molecule has 0 aliphatic carbocycles. The monoisotopic (exact) mass is 438 g/mol. The van der Waals surface area contributed by atoms with Gasteiger partial charge in [-0.05, 0) is 62.7 Å². The Morgan fingerprint density at radius 3 is 2.45 bits per heavy atom. The third-order valence-corrected chi connectivity index (χ3v) is 5.80. The topological polar surface area (TPSA) is 50.8 Å². The Labute approximate surface area is 190 Å². The van der Waals surface area contributed by atoms with E-state index < -0.39 is 0 Å². The predicted octanol–water partition coefficient (Wildman–Crippen LogP) is 5.09. The van der Waals surface area contributed by atoms with Crippen molar-refractivity contribution in [3.63, 3.8) is 0 Å². The molecule has 0 fully saturated rings. The van der Waals surface area contributed by atoms with E-state index in [4.69, 9.17) is 21.7 Å². The second-order valence-electron chi connectivity index (χ2n) is 7.77. The molecule has 0 saturated carbocycles. The number of thiocarbonyl (C=S) groups is 1. The first-order valence-corrected chi connectivity index (χ1v) is 10.9. The van der Waals surface area contributed by atoms with Crippen molar-refractivity contribution in [2.24, 2.45) is 0 Å². The van der Waals surface area contributed by atoms with Gasteiger partial charge in [0.25, 0.3) is 0 Å². The fourth-order valence-electron chi connectivity index (χ4n) is 3.81. The maximum Gasteiger partial charge on any atom is 0.173 e. The van der Waals surface area contributed by atoms with Crippen LogP contribution in [0.1, 0.15) is 49.9 Å². The molecule has 0 bridgehead atoms. The number of ketones is 1. The van der Waals surface area contributed by atoms with E-state index in [1.165, 1.54) is 5.56 Å². The summed E-state index contributed by atoms with van der Waals surface area (Å²) in [5.41, 5.74) is 4.83. The third kappa shape index (κ3) is 5.07. The zero-order valence-electron chi connectivity index (χ0n) is 18.8. The Bertz CT molecular complexity index is 998. The minimum absolute atomic E-state index is 0.0252. The van der Waals surface area contributed by atoms with Crippen LogP contribution in [0.4, 0.5) is 0 Å². The molecule has 0 aromatic heterocycles. The second kappa shape index (κ2) is 9.96. The van der Waals surface area contributed by atoms with Gasteiger partial charge in [0.15, 0.2) is 22.4 Å². The zero-order valence-corrected chi connectivity index (χ0v) is 19.6. The van der Waals surface area contributed by atoms with Gasteiger partial charge in [0, 0.05) is 17.8 Å². The van der Waals surface area contributed by atoms with Crippen LogP contribution in [0.2, 0.25) is 0 Å². The highest BCUT2D eigenvalue weighted by molar-refractivity contribution is 7.80. The number of methoxy groups -OCH3 is 1. The smallest absolute Gasteiger partial charge is 0.173 e. The van der Waals surface area contributed by atoms with E-state index >= 15 is 0 Å². The predicted molar refractivity (Wildman–Crippen MR) is 127 cm³/mol. The maximum absolute atomic E-state index is 12.5. The highest BCUT2D eigenvalue weighted by Gasteiger charge is 2.32. The lowest BCUT2D eigenvalue weighted by atomic mass is 9.92. The number of Topliss-reactive ketones (excluding diaryl/α,β-unsaturated/α-hetero) is 1. The third-order valence-electron chi connectivity index (χ3n) is 5.46. The summed E-state index contributed by atoms with van der Waals surface area (Å²) < 4.78 is 11.6. The molecule has 1 aliphatic rings. The largest absolute Gasteiger partial charge is 0.493 e. The molecule has 31 heavy (non-hydrogen) atoms. The molecule has 1 aliphatic heterocycles. The van der Waals surface area contributed by atoms with Gasteiger partial charge < -0.3 is 19.7 Å². The summed E-state index contributed by atoms with van der Waals surface area (Å²) in [7, 11) is 1.62. The van der Waals surface area contributed by atoms with Gasteiger partial charge in [-0.2, -0.15) is 0 Å². The minimum Gasteiger partial charge on any atom is -0.493 e. The van der Waals surface area contributed by atoms with Gasteiger partial charge in [-0.3, -0.25) is 4.79 Å². The molecule has 5 nitrogen and oxygen atoms in total. The van der Waals surface area contributed by atoms with Crippen molar-refractivity contribution in [2.75, 3.05) is 13.7 Å². The van der Waals surface area contributed by atoms with Crippen LogP contribution in [0.15, 0.2) is 53.7 Å². The van der Waals surface area contributed by atoms with Crippen LogP contribution in [-0.2, 0) is 11.4 Å². The Kier molecular flexibility index (Phi) is 7.33. The van der Waals surface area contributed by atoms with E-state index in [0.717, 1.165) is 35.4 Å². The summed E-state index contributed by atoms with van der Waals surface area (Å²) in [4.78, 5) is 14.5. The Hall–Kier alpha value is -2.86. The van der Waals surface area contributed by atoms with Crippen LogP contribution in [0.3, 0.4) is 0 Å². The first-order valence-electron chi connectivity index (χ1n) is 10.5. The molecule has 0 radical (unpaired) electrons. The molecule has 0 spiro atoms. The van der Waals surface area contributed by atoms with E-state index in [9.17, 15) is 4.79 Å². The number of hydrogen-bond donors (Lipinski definition) is 1. The number of allylic oxidation sites excluding steroid dienone is 1. The molecule has 0 amide bonds. The van der Waals surface area contributed by atoms with Crippen LogP contribution in [0.5, 0.6) is 11.5 Å². The second-order valence-corrected chi connectivity index (χ2v) is 8.16. The van der Waals surface area contributed by atoms with Crippen LogP contribution in [0.25, 0.3) is 0 Å². The summed E-state index contributed by atoms with van der Waals surface area (Å²) in [6, 6.07) is 13.7. The lowest BCUT2D eigenvalue weighted by Crippen LogP contribution is -2.47. The number of carbonyl (C=O) groups is 1. The Morgan fingerprint density at radius 2 is 1.84 bits per heavy atom. The van der Waals surface area contributed by atoms with Crippen molar-refractivity contribution < 1.29 is 14.3 Å². The van der Waals surface area contributed by atoms with Crippen molar-refractivity contribution in [1.82, 2.24) is 10.2 Å². The van der Waals surface area contributed by atoms with Gasteiger partial charge >= 0.3 is 0 Å². The van der Waals surface area contributed by atoms with E-state index in [2.05, 4.69) is 43.4 Å². The molecule has 0 saturated heterocycles. The fraction of sp³-hybridized carbons (Fsp3) is 0.360. The Morgan fingerprint density at radius 1 is 1.13 bits per heavy atom. The molecular formula is C25H30N2O3S. The van der Waals surface area contributed by atoms with Crippen molar-refractivity contribution >= 4 is 23.1 Å². The van der Waals surface area contributed by atoms with E-state index in [0.29, 0.717) is 23.2 Å². The molecule has 3 rings (SSSR count). The van der Waals surface area contributed by atoms with Crippen molar-refractivity contribution in [2.45, 2.75) is 46.8 Å². The number of hydrogen-bond acceptors (Lipinski definition) is 4. The summed E-state index contributed by atoms with van der Waals surface area (Å²) in [6.07, 6.45) is 0.940. The molecule has 1 atom stereocenters. The van der Waals surface area contributed by atoms with Gasteiger partial charge in [-0.25, -0.2) is 0 Å². The first kappa shape index (κ1) is 22.8. The lowest BCUT2D eigenvalue weighted by molar-refractivity contribution is -0.114. The molecule has 1 heterocycles. The zero-order chi connectivity index (χ0) is 22.5. The first-order chi connectivity index (χ1) is 14.8. The summed E-state index contributed by atoms with van der Waals surface area (Å²) in [5.74, 6) is 1.30. The quantitative estimate of drug-likeness (QED) is 0.580. The van der Waals surface area contributed by atoms with Gasteiger partial charge in [0.2, 0.25) is 0 Å². The number of benzene rings is 2. The van der Waals surface area contributed by atoms with E-state index in [1.54, 1.807) is 14.0 Å². The van der Waals surface area contributed by atoms with Crippen molar-refractivity contribution in [3.05, 3.63) is 70.4 Å². The lowest BCUT2D eigenvalue weighted by Gasteiger charge is -2.37. The van der Waals surface area contributed by atoms with Crippen LogP contribution in [0, 0.1) is 6.92 Å². The highest BCUT2D eigenvalue weighted by atomic mass is 32.1. The summed E-state index contributed by atoms with van der Waals surface area (Å²) in [6.45, 7) is 8.94. The van der Waals surface area contributed by atoms with Gasteiger partial charge in [0.05, 0.1) is 13.2 Å². The normalized spacial score (nSPS) is 16.2. The number of ether oxygens (including phenoxy) is 2. The standard InChI is InChI=1S/C25H30N2O3S/c1-6-13-27-17(3)23(18(4)28)24(26-25(27)31)20-11-12-21(22(14-20)29-5)30-15-19-9-7-16(2)8-10-19/h7-12,14,24H,6,13,15H2,1-5H3,(H,26,31). The number of nitrogens with zero attached hydrogens (tertiary/aromatic N) is 1. The minimum atomic E-state index is -0.321. The van der Waals surface area contributed by atoms with Gasteiger partial charge in [-0.15, -0.1) is 0 Å². The molecule has 2 aromatic carbocycles. The summed E-state index contributed by atoms with van der Waals surface area (Å²) in [5, 5.41) is 3.98.